The van der Waals surface area contributed by atoms with Crippen molar-refractivity contribution < 1.29 is 9.13 Å². The van der Waals surface area contributed by atoms with Crippen LogP contribution in [0.3, 0.4) is 0 Å². The number of aromatic nitrogens is 1. The molecule has 1 aliphatic rings. The molecule has 1 aromatic carbocycles. The van der Waals surface area contributed by atoms with Crippen LogP contribution in [0.15, 0.2) is 30.6 Å². The van der Waals surface area contributed by atoms with E-state index in [0.29, 0.717) is 5.75 Å². The van der Waals surface area contributed by atoms with Crippen molar-refractivity contribution in [1.29, 1.82) is 0 Å². The monoisotopic (exact) mass is 246 g/mol. The van der Waals surface area contributed by atoms with Gasteiger partial charge in [-0.2, -0.15) is 0 Å². The molecule has 0 aliphatic carbocycles. The Morgan fingerprint density at radius 3 is 3.11 bits per heavy atom. The van der Waals surface area contributed by atoms with Gasteiger partial charge < -0.3 is 10.1 Å². The van der Waals surface area contributed by atoms with Gasteiger partial charge in [-0.15, -0.1) is 0 Å². The molecule has 0 amide bonds. The topological polar surface area (TPSA) is 34.1 Å². The van der Waals surface area contributed by atoms with Crippen LogP contribution in [0.5, 0.6) is 5.75 Å². The van der Waals surface area contributed by atoms with E-state index in [1.54, 1.807) is 18.5 Å². The van der Waals surface area contributed by atoms with Crippen LogP contribution in [0.2, 0.25) is 0 Å². The number of nitrogens with one attached hydrogen (secondary N) is 1. The quantitative estimate of drug-likeness (QED) is 0.884. The number of pyridine rings is 1. The lowest BCUT2D eigenvalue weighted by atomic mass is 10.1. The van der Waals surface area contributed by atoms with Gasteiger partial charge >= 0.3 is 0 Å². The summed E-state index contributed by atoms with van der Waals surface area (Å²) in [4.78, 5) is 3.98. The zero-order valence-corrected chi connectivity index (χ0v) is 10.0. The lowest BCUT2D eigenvalue weighted by Crippen LogP contribution is -2.37. The molecule has 2 heterocycles. The Morgan fingerprint density at radius 1 is 1.33 bits per heavy atom. The van der Waals surface area contributed by atoms with Crippen molar-refractivity contribution in [3.63, 3.8) is 0 Å². The van der Waals surface area contributed by atoms with Gasteiger partial charge in [-0.1, -0.05) is 0 Å². The number of nitrogens with zero attached hydrogens (tertiary/aromatic N) is 1. The number of benzene rings is 1. The van der Waals surface area contributed by atoms with Gasteiger partial charge in [0.25, 0.3) is 0 Å². The predicted octanol–water partition coefficient (Wildman–Crippen LogP) is 2.50. The fourth-order valence-corrected chi connectivity index (χ4v) is 2.28. The minimum Gasteiger partial charge on any atom is -0.486 e. The molecule has 1 unspecified atom stereocenters. The lowest BCUT2D eigenvalue weighted by molar-refractivity contribution is 0.161. The third-order valence-electron chi connectivity index (χ3n) is 3.24. The molecule has 4 heteroatoms. The molecule has 1 fully saturated rings. The first-order valence-electron chi connectivity index (χ1n) is 6.23. The number of piperidine rings is 1. The van der Waals surface area contributed by atoms with E-state index in [1.165, 1.54) is 6.07 Å². The van der Waals surface area contributed by atoms with Crippen LogP contribution in [-0.2, 0) is 0 Å². The number of rotatable bonds is 2. The van der Waals surface area contributed by atoms with Crippen LogP contribution in [-0.4, -0.2) is 24.2 Å². The molecule has 2 aromatic rings. The predicted molar refractivity (Wildman–Crippen MR) is 68.2 cm³/mol. The number of fused-ring (bicyclic) bond motifs is 1. The third kappa shape index (κ3) is 2.29. The summed E-state index contributed by atoms with van der Waals surface area (Å²) < 4.78 is 19.6. The van der Waals surface area contributed by atoms with Gasteiger partial charge in [-0.25, -0.2) is 4.39 Å². The number of hydrogen-bond acceptors (Lipinski definition) is 3. The molecular formula is C14H15FN2O. The van der Waals surface area contributed by atoms with Gasteiger partial charge in [-0.3, -0.25) is 4.98 Å². The Labute approximate surface area is 105 Å². The molecule has 18 heavy (non-hydrogen) atoms. The molecule has 0 bridgehead atoms. The van der Waals surface area contributed by atoms with E-state index in [1.807, 2.05) is 6.07 Å². The normalized spacial score (nSPS) is 19.9. The highest BCUT2D eigenvalue weighted by atomic mass is 19.1. The summed E-state index contributed by atoms with van der Waals surface area (Å²) in [5.41, 5.74) is 0. The van der Waals surface area contributed by atoms with E-state index >= 15 is 0 Å². The largest absolute Gasteiger partial charge is 0.486 e. The first-order valence-corrected chi connectivity index (χ1v) is 6.23. The molecule has 1 saturated heterocycles. The smallest absolute Gasteiger partial charge is 0.165 e. The minimum absolute atomic E-state index is 0.0625. The van der Waals surface area contributed by atoms with Crippen molar-refractivity contribution in [1.82, 2.24) is 10.3 Å². The summed E-state index contributed by atoms with van der Waals surface area (Å²) in [6.07, 6.45) is 5.47. The second-order valence-electron chi connectivity index (χ2n) is 4.59. The zero-order chi connectivity index (χ0) is 12.4. The highest BCUT2D eigenvalue weighted by Crippen LogP contribution is 2.25. The van der Waals surface area contributed by atoms with Crippen LogP contribution in [0.4, 0.5) is 4.39 Å². The van der Waals surface area contributed by atoms with Crippen molar-refractivity contribution in [2.45, 2.75) is 18.9 Å². The Kier molecular flexibility index (Phi) is 3.11. The van der Waals surface area contributed by atoms with Crippen molar-refractivity contribution in [3.8, 4) is 5.75 Å². The van der Waals surface area contributed by atoms with Crippen LogP contribution in [0.25, 0.3) is 10.8 Å². The number of ether oxygens (including phenoxy) is 1. The summed E-state index contributed by atoms with van der Waals surface area (Å²) in [5, 5.41) is 5.00. The van der Waals surface area contributed by atoms with Crippen LogP contribution in [0, 0.1) is 5.82 Å². The number of hydrogen-bond donors (Lipinski definition) is 1. The first-order chi connectivity index (χ1) is 8.83. The second kappa shape index (κ2) is 4.90. The van der Waals surface area contributed by atoms with E-state index in [4.69, 9.17) is 4.74 Å². The van der Waals surface area contributed by atoms with Gasteiger partial charge in [0.1, 0.15) is 6.10 Å². The summed E-state index contributed by atoms with van der Waals surface area (Å²) in [6, 6.07) is 5.09. The summed E-state index contributed by atoms with van der Waals surface area (Å²) in [5.74, 6) is 0.0171. The second-order valence-corrected chi connectivity index (χ2v) is 4.59. The Hall–Kier alpha value is -1.68. The van der Waals surface area contributed by atoms with Crippen molar-refractivity contribution >= 4 is 10.8 Å². The van der Waals surface area contributed by atoms with Gasteiger partial charge in [0.05, 0.1) is 0 Å². The zero-order valence-electron chi connectivity index (χ0n) is 10.0. The minimum atomic E-state index is -0.318. The van der Waals surface area contributed by atoms with Crippen LogP contribution < -0.4 is 10.1 Å². The standard InChI is InChI=1S/C14H15FN2O/c15-13-6-11-8-17-5-3-10(11)7-14(13)18-12-2-1-4-16-9-12/h3,5-8,12,16H,1-2,4,9H2. The van der Waals surface area contributed by atoms with E-state index < -0.39 is 0 Å². The van der Waals surface area contributed by atoms with Gasteiger partial charge in [0.15, 0.2) is 11.6 Å². The number of halogens is 1. The highest BCUT2D eigenvalue weighted by molar-refractivity contribution is 5.83. The van der Waals surface area contributed by atoms with Crippen molar-refractivity contribution in [2.75, 3.05) is 13.1 Å². The molecule has 3 nitrogen and oxygen atoms in total. The van der Waals surface area contributed by atoms with Gasteiger partial charge in [-0.05, 0) is 43.0 Å². The van der Waals surface area contributed by atoms with E-state index in [0.717, 1.165) is 36.7 Å². The highest BCUT2D eigenvalue weighted by Gasteiger charge is 2.16. The Balaban J connectivity index is 1.88. The molecule has 1 aromatic heterocycles. The molecule has 94 valence electrons. The maximum atomic E-state index is 13.9. The molecule has 0 saturated carbocycles. The molecule has 0 radical (unpaired) electrons. The summed E-state index contributed by atoms with van der Waals surface area (Å²) >= 11 is 0. The Bertz CT molecular complexity index is 552. The maximum Gasteiger partial charge on any atom is 0.165 e. The maximum absolute atomic E-state index is 13.9. The molecular weight excluding hydrogens is 231 g/mol. The van der Waals surface area contributed by atoms with Gasteiger partial charge in [0, 0.05) is 24.3 Å². The van der Waals surface area contributed by atoms with Crippen molar-refractivity contribution in [2.24, 2.45) is 0 Å². The third-order valence-corrected chi connectivity index (χ3v) is 3.24. The molecule has 1 atom stereocenters. The lowest BCUT2D eigenvalue weighted by Gasteiger charge is -2.24. The summed E-state index contributed by atoms with van der Waals surface area (Å²) in [6.45, 7) is 1.81. The molecule has 0 spiro atoms. The fraction of sp³-hybridized carbons (Fsp3) is 0.357. The van der Waals surface area contributed by atoms with E-state index in [2.05, 4.69) is 10.3 Å². The molecule has 1 aliphatic heterocycles. The molecule has 1 N–H and O–H groups in total. The first kappa shape index (κ1) is 11.4. The average Bonchev–Trinajstić information content (AvgIpc) is 2.41. The van der Waals surface area contributed by atoms with E-state index in [-0.39, 0.29) is 11.9 Å². The Morgan fingerprint density at radius 2 is 2.28 bits per heavy atom. The van der Waals surface area contributed by atoms with Crippen LogP contribution in [0.1, 0.15) is 12.8 Å². The van der Waals surface area contributed by atoms with E-state index in [9.17, 15) is 4.39 Å². The van der Waals surface area contributed by atoms with Crippen molar-refractivity contribution in [3.05, 3.63) is 36.4 Å². The summed E-state index contributed by atoms with van der Waals surface area (Å²) in [7, 11) is 0. The van der Waals surface area contributed by atoms with Gasteiger partial charge in [0.2, 0.25) is 0 Å². The SMILES string of the molecule is Fc1cc2cnccc2cc1OC1CCCNC1. The van der Waals surface area contributed by atoms with Crippen LogP contribution >= 0.6 is 0 Å². The average molecular weight is 246 g/mol. The fourth-order valence-electron chi connectivity index (χ4n) is 2.28. The molecule has 3 rings (SSSR count).